The normalized spacial score (nSPS) is 15.3. The van der Waals surface area contributed by atoms with Crippen molar-refractivity contribution in [1.82, 2.24) is 10.1 Å². The van der Waals surface area contributed by atoms with E-state index >= 15 is 0 Å². The fourth-order valence-electron chi connectivity index (χ4n) is 4.19. The van der Waals surface area contributed by atoms with E-state index in [0.29, 0.717) is 6.07 Å². The van der Waals surface area contributed by atoms with Crippen LogP contribution in [0.3, 0.4) is 0 Å². The van der Waals surface area contributed by atoms with Gasteiger partial charge in [-0.25, -0.2) is 12.8 Å². The number of halogens is 5. The maximum Gasteiger partial charge on any atom is 0.416 e. The summed E-state index contributed by atoms with van der Waals surface area (Å²) in [6, 6.07) is 11.1. The van der Waals surface area contributed by atoms with Crippen molar-refractivity contribution in [2.24, 2.45) is 0 Å². The minimum Gasteiger partial charge on any atom is -0.486 e. The summed E-state index contributed by atoms with van der Waals surface area (Å²) in [5, 5.41) is 13.0. The molecule has 15 heteroatoms. The van der Waals surface area contributed by atoms with Crippen molar-refractivity contribution < 1.29 is 45.1 Å². The third-order valence-corrected chi connectivity index (χ3v) is 8.25. The minimum absolute atomic E-state index is 0.00705. The van der Waals surface area contributed by atoms with Crippen LogP contribution in [-0.4, -0.2) is 42.3 Å². The Hall–Kier alpha value is -4.17. The average Bonchev–Trinajstić information content (AvgIpc) is 3.40. The van der Waals surface area contributed by atoms with E-state index in [9.17, 15) is 30.8 Å². The zero-order valence-electron chi connectivity index (χ0n) is 20.6. The van der Waals surface area contributed by atoms with Crippen molar-refractivity contribution >= 4 is 33.3 Å². The molecule has 2 heterocycles. The molecule has 0 aliphatic carbocycles. The Morgan fingerprint density at radius 2 is 1.90 bits per heavy atom. The van der Waals surface area contributed by atoms with E-state index in [2.05, 4.69) is 10.1 Å². The number of aromatic nitrogens is 2. The van der Waals surface area contributed by atoms with E-state index in [1.807, 2.05) is 0 Å². The van der Waals surface area contributed by atoms with E-state index in [1.54, 1.807) is 0 Å². The van der Waals surface area contributed by atoms with Gasteiger partial charge in [0.2, 0.25) is 5.82 Å². The van der Waals surface area contributed by atoms with Crippen LogP contribution in [0, 0.1) is 5.82 Å². The molecule has 0 saturated carbocycles. The van der Waals surface area contributed by atoms with Gasteiger partial charge in [0.05, 0.1) is 33.3 Å². The number of nitrogens with zero attached hydrogens (tertiary/aromatic N) is 3. The van der Waals surface area contributed by atoms with E-state index in [4.69, 9.17) is 26.0 Å². The number of sulfonamides is 1. The molecule has 41 heavy (non-hydrogen) atoms. The first-order valence-electron chi connectivity index (χ1n) is 11.8. The van der Waals surface area contributed by atoms with Gasteiger partial charge in [0.25, 0.3) is 15.9 Å². The fraction of sp³-hybridized carbons (Fsp3) is 0.192. The van der Waals surface area contributed by atoms with E-state index < -0.39 is 44.5 Å². The number of carboxylic acid groups (broad SMARTS) is 1. The molecule has 0 fully saturated rings. The number of ether oxygens (including phenoxy) is 1. The molecular weight excluding hydrogens is 594 g/mol. The Kier molecular flexibility index (Phi) is 7.38. The number of hydrogen-bond acceptors (Lipinski definition) is 7. The molecule has 3 aromatic carbocycles. The highest BCUT2D eigenvalue weighted by molar-refractivity contribution is 7.92. The first kappa shape index (κ1) is 28.4. The van der Waals surface area contributed by atoms with Gasteiger partial charge in [-0.3, -0.25) is 9.10 Å². The molecule has 4 aromatic rings. The predicted molar refractivity (Wildman–Crippen MR) is 137 cm³/mol. The molecule has 1 aliphatic rings. The summed E-state index contributed by atoms with van der Waals surface area (Å²) in [6.07, 6.45) is -6.07. The summed E-state index contributed by atoms with van der Waals surface area (Å²) < 4.78 is 92.9. The lowest BCUT2D eigenvalue weighted by atomic mass is 10.1. The standard InChI is InChI=1S/C26H18ClF4N3O6S/c27-20-12-16(28)5-7-19(20)25-32-24(33-40-25)14-4-8-22-21(10-14)34(13-17(39-22)6-9-23(35)36)41(37,38)18-3-1-2-15(11-18)26(29,30)31/h1-5,7-8,10-12,17H,6,9,13H2,(H,35,36)/t17-/m1/s1. The van der Waals surface area contributed by atoms with Crippen LogP contribution in [0.15, 0.2) is 70.1 Å². The highest BCUT2D eigenvalue weighted by Gasteiger charge is 2.37. The van der Waals surface area contributed by atoms with Crippen LogP contribution in [0.25, 0.3) is 22.8 Å². The molecule has 214 valence electrons. The Morgan fingerprint density at radius 1 is 1.12 bits per heavy atom. The van der Waals surface area contributed by atoms with Crippen molar-refractivity contribution in [3.8, 4) is 28.6 Å². The molecule has 5 rings (SSSR count). The summed E-state index contributed by atoms with van der Waals surface area (Å²) >= 11 is 6.07. The fourth-order valence-corrected chi connectivity index (χ4v) is 5.98. The van der Waals surface area contributed by atoms with Gasteiger partial charge in [0.15, 0.2) is 0 Å². The highest BCUT2D eigenvalue weighted by Crippen LogP contribution is 2.41. The molecule has 1 aromatic heterocycles. The number of benzene rings is 3. The lowest BCUT2D eigenvalue weighted by Gasteiger charge is -2.35. The quantitative estimate of drug-likeness (QED) is 0.251. The minimum atomic E-state index is -4.78. The Labute approximate surface area is 235 Å². The summed E-state index contributed by atoms with van der Waals surface area (Å²) in [7, 11) is -4.59. The van der Waals surface area contributed by atoms with Crippen LogP contribution in [0.2, 0.25) is 5.02 Å². The molecule has 0 radical (unpaired) electrons. The number of alkyl halides is 3. The monoisotopic (exact) mass is 611 g/mol. The third-order valence-electron chi connectivity index (χ3n) is 6.17. The van der Waals surface area contributed by atoms with Crippen molar-refractivity contribution in [1.29, 1.82) is 0 Å². The lowest BCUT2D eigenvalue weighted by molar-refractivity contribution is -0.138. The Bertz CT molecular complexity index is 1750. The van der Waals surface area contributed by atoms with Gasteiger partial charge >= 0.3 is 12.1 Å². The van der Waals surface area contributed by atoms with Crippen molar-refractivity contribution in [2.75, 3.05) is 10.8 Å². The number of rotatable bonds is 7. The number of fused-ring (bicyclic) bond motifs is 1. The molecule has 0 unspecified atom stereocenters. The first-order chi connectivity index (χ1) is 19.3. The molecule has 1 N–H and O–H groups in total. The van der Waals surface area contributed by atoms with Gasteiger partial charge in [-0.05, 0) is 61.0 Å². The highest BCUT2D eigenvalue weighted by atomic mass is 35.5. The Balaban J connectivity index is 1.56. The number of carbonyl (C=O) groups is 1. The van der Waals surface area contributed by atoms with Crippen LogP contribution in [0.5, 0.6) is 5.75 Å². The number of hydrogen-bond donors (Lipinski definition) is 1. The van der Waals surface area contributed by atoms with Crippen LogP contribution in [0.4, 0.5) is 23.2 Å². The van der Waals surface area contributed by atoms with Gasteiger partial charge in [-0.15, -0.1) is 0 Å². The molecule has 0 saturated heterocycles. The second-order valence-corrected chi connectivity index (χ2v) is 11.2. The molecular formula is C26H18ClF4N3O6S. The number of aliphatic carboxylic acids is 1. The van der Waals surface area contributed by atoms with Gasteiger partial charge in [0.1, 0.15) is 17.7 Å². The Morgan fingerprint density at radius 3 is 2.61 bits per heavy atom. The maximum atomic E-state index is 13.7. The smallest absolute Gasteiger partial charge is 0.416 e. The molecule has 0 bridgehead atoms. The van der Waals surface area contributed by atoms with Crippen molar-refractivity contribution in [3.05, 3.63) is 77.1 Å². The average molecular weight is 612 g/mol. The lowest BCUT2D eigenvalue weighted by Crippen LogP contribution is -2.43. The van der Waals surface area contributed by atoms with Gasteiger partial charge < -0.3 is 14.4 Å². The van der Waals surface area contributed by atoms with E-state index in [1.165, 1.54) is 24.3 Å². The maximum absolute atomic E-state index is 13.7. The van der Waals surface area contributed by atoms with Crippen molar-refractivity contribution in [2.45, 2.75) is 30.0 Å². The molecule has 1 aliphatic heterocycles. The second-order valence-electron chi connectivity index (χ2n) is 8.96. The second kappa shape index (κ2) is 10.7. The number of carboxylic acids is 1. The summed E-state index contributed by atoms with van der Waals surface area (Å²) in [5.74, 6) is -1.68. The first-order valence-corrected chi connectivity index (χ1v) is 13.7. The third kappa shape index (κ3) is 5.84. The molecule has 9 nitrogen and oxygen atoms in total. The zero-order valence-corrected chi connectivity index (χ0v) is 22.2. The molecule has 1 atom stereocenters. The predicted octanol–water partition coefficient (Wildman–Crippen LogP) is 6.04. The molecule has 0 amide bonds. The summed E-state index contributed by atoms with van der Waals surface area (Å²) in [4.78, 5) is 14.8. The summed E-state index contributed by atoms with van der Waals surface area (Å²) in [6.45, 7) is -0.370. The zero-order chi connectivity index (χ0) is 29.5. The van der Waals surface area contributed by atoms with Crippen molar-refractivity contribution in [3.63, 3.8) is 0 Å². The largest absolute Gasteiger partial charge is 0.486 e. The van der Waals surface area contributed by atoms with Gasteiger partial charge in [-0.2, -0.15) is 18.2 Å². The summed E-state index contributed by atoms with van der Waals surface area (Å²) in [5.41, 5.74) is -0.670. The van der Waals surface area contributed by atoms with Crippen LogP contribution in [-0.2, 0) is 21.0 Å². The SMILES string of the molecule is O=C(O)CC[C@@H]1CN(S(=O)(=O)c2cccc(C(F)(F)F)c2)c2cc(-c3noc(-c4ccc(F)cc4Cl)n3)ccc2O1. The van der Waals surface area contributed by atoms with Crippen LogP contribution in [0.1, 0.15) is 18.4 Å². The number of anilines is 1. The molecule has 0 spiro atoms. The topological polar surface area (TPSA) is 123 Å². The van der Waals surface area contributed by atoms with E-state index in [-0.39, 0.29) is 58.7 Å². The van der Waals surface area contributed by atoms with E-state index in [0.717, 1.165) is 34.6 Å². The van der Waals surface area contributed by atoms with Gasteiger partial charge in [-0.1, -0.05) is 22.8 Å². The van der Waals surface area contributed by atoms with Crippen LogP contribution < -0.4 is 9.04 Å². The van der Waals surface area contributed by atoms with Gasteiger partial charge in [0, 0.05) is 12.0 Å². The van der Waals surface area contributed by atoms with Crippen LogP contribution >= 0.6 is 11.6 Å².